The quantitative estimate of drug-likeness (QED) is 0.733. The Balaban J connectivity index is 2.71. The van der Waals surface area contributed by atoms with Crippen LogP contribution >= 0.6 is 0 Å². The number of nitrogens with one attached hydrogen (secondary N) is 1. The number of nitriles is 1. The van der Waals surface area contributed by atoms with E-state index < -0.39 is 5.41 Å². The first-order valence-electron chi connectivity index (χ1n) is 6.51. The Morgan fingerprint density at radius 3 is 2.41 bits per heavy atom. The lowest BCUT2D eigenvalue weighted by Gasteiger charge is -2.26. The van der Waals surface area contributed by atoms with Gasteiger partial charge in [-0.25, -0.2) is 0 Å². The average Bonchev–Trinajstić information content (AvgIpc) is 2.61. The highest BCUT2D eigenvalue weighted by molar-refractivity contribution is 5.85. The maximum absolute atomic E-state index is 12.2. The van der Waals surface area contributed by atoms with Crippen molar-refractivity contribution in [3.8, 4) is 6.07 Å². The van der Waals surface area contributed by atoms with E-state index in [0.717, 1.165) is 25.7 Å². The summed E-state index contributed by atoms with van der Waals surface area (Å²) >= 11 is 0. The van der Waals surface area contributed by atoms with E-state index in [9.17, 15) is 10.1 Å². The van der Waals surface area contributed by atoms with Crippen LogP contribution in [0, 0.1) is 16.7 Å². The van der Waals surface area contributed by atoms with Crippen LogP contribution in [-0.4, -0.2) is 23.7 Å². The van der Waals surface area contributed by atoms with Crippen molar-refractivity contribution in [3.05, 3.63) is 0 Å². The van der Waals surface area contributed by atoms with E-state index in [1.165, 1.54) is 0 Å². The van der Waals surface area contributed by atoms with Crippen molar-refractivity contribution in [2.75, 3.05) is 6.61 Å². The number of hydrogen-bond acceptors (Lipinski definition) is 3. The van der Waals surface area contributed by atoms with Gasteiger partial charge >= 0.3 is 0 Å². The van der Waals surface area contributed by atoms with Crippen molar-refractivity contribution in [3.63, 3.8) is 0 Å². The van der Waals surface area contributed by atoms with Gasteiger partial charge in [-0.2, -0.15) is 5.26 Å². The van der Waals surface area contributed by atoms with Gasteiger partial charge < -0.3 is 10.4 Å². The summed E-state index contributed by atoms with van der Waals surface area (Å²) in [6.07, 6.45) is 6.08. The van der Waals surface area contributed by atoms with E-state index >= 15 is 0 Å². The fourth-order valence-corrected chi connectivity index (χ4v) is 2.32. The van der Waals surface area contributed by atoms with E-state index in [-0.39, 0.29) is 18.6 Å². The van der Waals surface area contributed by atoms with Crippen LogP contribution in [0.3, 0.4) is 0 Å². The first-order valence-corrected chi connectivity index (χ1v) is 6.51. The lowest BCUT2D eigenvalue weighted by molar-refractivity contribution is -0.129. The summed E-state index contributed by atoms with van der Waals surface area (Å²) in [5.74, 6) is -0.192. The van der Waals surface area contributed by atoms with Crippen molar-refractivity contribution in [2.45, 2.75) is 57.9 Å². The molecule has 0 radical (unpaired) electrons. The minimum atomic E-state index is -0.862. The molecule has 0 bridgehead atoms. The summed E-state index contributed by atoms with van der Waals surface area (Å²) in [6.45, 7) is 1.84. The fourth-order valence-electron chi connectivity index (χ4n) is 2.32. The second kappa shape index (κ2) is 6.61. The summed E-state index contributed by atoms with van der Waals surface area (Å²) in [7, 11) is 0. The van der Waals surface area contributed by atoms with Gasteiger partial charge in [0.2, 0.25) is 5.91 Å². The van der Waals surface area contributed by atoms with Crippen molar-refractivity contribution < 1.29 is 9.90 Å². The van der Waals surface area contributed by atoms with Crippen molar-refractivity contribution >= 4 is 5.91 Å². The first-order chi connectivity index (χ1) is 8.18. The predicted molar refractivity (Wildman–Crippen MR) is 65.1 cm³/mol. The SMILES string of the molecule is CC[C@@H](CO)NC(=O)C1(C#N)CCCCCC1. The Labute approximate surface area is 103 Å². The molecule has 1 rings (SSSR count). The van der Waals surface area contributed by atoms with Gasteiger partial charge in [0.1, 0.15) is 5.41 Å². The first kappa shape index (κ1) is 14.0. The van der Waals surface area contributed by atoms with E-state index in [4.69, 9.17) is 5.11 Å². The number of aliphatic hydroxyl groups excluding tert-OH is 1. The van der Waals surface area contributed by atoms with Gasteiger partial charge in [-0.3, -0.25) is 4.79 Å². The molecule has 0 saturated heterocycles. The number of carbonyl (C=O) groups excluding carboxylic acids is 1. The maximum Gasteiger partial charge on any atom is 0.240 e. The molecule has 1 aliphatic rings. The van der Waals surface area contributed by atoms with Crippen molar-refractivity contribution in [1.29, 1.82) is 5.26 Å². The number of nitrogens with zero attached hydrogens (tertiary/aromatic N) is 1. The molecule has 0 aromatic carbocycles. The Bertz CT molecular complexity index is 284. The molecule has 1 saturated carbocycles. The predicted octanol–water partition coefficient (Wildman–Crippen LogP) is 1.74. The van der Waals surface area contributed by atoms with Crippen LogP contribution in [0.1, 0.15) is 51.9 Å². The molecule has 96 valence electrons. The lowest BCUT2D eigenvalue weighted by Crippen LogP contribution is -2.46. The van der Waals surface area contributed by atoms with E-state index in [0.29, 0.717) is 19.3 Å². The van der Waals surface area contributed by atoms with Crippen molar-refractivity contribution in [1.82, 2.24) is 5.32 Å². The summed E-state index contributed by atoms with van der Waals surface area (Å²) in [4.78, 5) is 12.2. The topological polar surface area (TPSA) is 73.1 Å². The molecular formula is C13H22N2O2. The van der Waals surface area contributed by atoms with Crippen LogP contribution in [-0.2, 0) is 4.79 Å². The minimum absolute atomic E-state index is 0.0657. The second-order valence-electron chi connectivity index (χ2n) is 4.87. The summed E-state index contributed by atoms with van der Waals surface area (Å²) in [5.41, 5.74) is -0.862. The zero-order chi connectivity index (χ0) is 12.7. The third-order valence-corrected chi connectivity index (χ3v) is 3.65. The Kier molecular flexibility index (Phi) is 5.43. The number of rotatable bonds is 4. The third kappa shape index (κ3) is 3.44. The van der Waals surface area contributed by atoms with Crippen molar-refractivity contribution in [2.24, 2.45) is 5.41 Å². The molecule has 0 aromatic rings. The highest BCUT2D eigenvalue weighted by Gasteiger charge is 2.39. The monoisotopic (exact) mass is 238 g/mol. The average molecular weight is 238 g/mol. The molecular weight excluding hydrogens is 216 g/mol. The smallest absolute Gasteiger partial charge is 0.240 e. The van der Waals surface area contributed by atoms with Gasteiger partial charge in [0, 0.05) is 0 Å². The highest BCUT2D eigenvalue weighted by atomic mass is 16.3. The molecule has 0 spiro atoms. The highest BCUT2D eigenvalue weighted by Crippen LogP contribution is 2.34. The number of carbonyl (C=O) groups is 1. The van der Waals surface area contributed by atoms with Crippen LogP contribution in [0.2, 0.25) is 0 Å². The number of amides is 1. The second-order valence-corrected chi connectivity index (χ2v) is 4.87. The van der Waals surface area contributed by atoms with Gasteiger partial charge in [0.15, 0.2) is 0 Å². The zero-order valence-corrected chi connectivity index (χ0v) is 10.5. The number of hydrogen-bond donors (Lipinski definition) is 2. The van der Waals surface area contributed by atoms with Crippen LogP contribution in [0.25, 0.3) is 0 Å². The Morgan fingerprint density at radius 2 is 2.00 bits per heavy atom. The third-order valence-electron chi connectivity index (χ3n) is 3.65. The molecule has 0 aliphatic heterocycles. The largest absolute Gasteiger partial charge is 0.394 e. The maximum atomic E-state index is 12.2. The molecule has 2 N–H and O–H groups in total. The summed E-state index contributed by atoms with van der Waals surface area (Å²) in [5, 5.41) is 21.2. The molecule has 17 heavy (non-hydrogen) atoms. The van der Waals surface area contributed by atoms with E-state index in [1.54, 1.807) is 0 Å². The van der Waals surface area contributed by atoms with Crippen LogP contribution in [0.5, 0.6) is 0 Å². The number of aliphatic hydroxyl groups is 1. The normalized spacial score (nSPS) is 21.0. The lowest BCUT2D eigenvalue weighted by atomic mass is 9.80. The zero-order valence-electron chi connectivity index (χ0n) is 10.5. The molecule has 1 aliphatic carbocycles. The standard InChI is InChI=1S/C13H22N2O2/c1-2-11(9-16)15-12(17)13(10-14)7-5-3-4-6-8-13/h11,16H,2-9H2,1H3,(H,15,17)/t11-/m0/s1. The Hall–Kier alpha value is -1.08. The van der Waals surface area contributed by atoms with Gasteiger partial charge in [-0.1, -0.05) is 32.6 Å². The Morgan fingerprint density at radius 1 is 1.41 bits per heavy atom. The molecule has 1 atom stereocenters. The molecule has 0 heterocycles. The molecule has 1 fully saturated rings. The molecule has 4 heteroatoms. The van der Waals surface area contributed by atoms with Crippen LogP contribution in [0.4, 0.5) is 0 Å². The van der Waals surface area contributed by atoms with Crippen LogP contribution < -0.4 is 5.32 Å². The van der Waals surface area contributed by atoms with Crippen LogP contribution in [0.15, 0.2) is 0 Å². The molecule has 0 unspecified atom stereocenters. The van der Waals surface area contributed by atoms with Gasteiger partial charge in [0.25, 0.3) is 0 Å². The summed E-state index contributed by atoms with van der Waals surface area (Å²) in [6, 6.07) is 1.99. The van der Waals surface area contributed by atoms with Gasteiger partial charge in [-0.15, -0.1) is 0 Å². The molecule has 4 nitrogen and oxygen atoms in total. The van der Waals surface area contributed by atoms with E-state index in [2.05, 4.69) is 11.4 Å². The summed E-state index contributed by atoms with van der Waals surface area (Å²) < 4.78 is 0. The van der Waals surface area contributed by atoms with Gasteiger partial charge in [0.05, 0.1) is 18.7 Å². The minimum Gasteiger partial charge on any atom is -0.394 e. The fraction of sp³-hybridized carbons (Fsp3) is 0.846. The van der Waals surface area contributed by atoms with Gasteiger partial charge in [-0.05, 0) is 19.3 Å². The molecule has 0 aromatic heterocycles. The molecule has 1 amide bonds. The van der Waals surface area contributed by atoms with E-state index in [1.807, 2.05) is 6.92 Å².